The minimum atomic E-state index is -0.783. The van der Waals surface area contributed by atoms with E-state index in [4.69, 9.17) is 14.2 Å². The largest absolute Gasteiger partial charge is 0.462 e. The lowest BCUT2D eigenvalue weighted by molar-refractivity contribution is -0.167. The summed E-state index contributed by atoms with van der Waals surface area (Å²) < 4.78 is 16.9. The number of carbonyl (C=O) groups excluding carboxylic acids is 3. The van der Waals surface area contributed by atoms with Crippen LogP contribution in [-0.4, -0.2) is 37.2 Å². The van der Waals surface area contributed by atoms with Crippen LogP contribution in [-0.2, 0) is 28.6 Å². The molecular weight excluding hydrogens is 817 g/mol. The van der Waals surface area contributed by atoms with Gasteiger partial charge >= 0.3 is 17.9 Å². The molecule has 0 aliphatic rings. The van der Waals surface area contributed by atoms with Gasteiger partial charge in [-0.3, -0.25) is 14.4 Å². The van der Waals surface area contributed by atoms with Gasteiger partial charge in [0.25, 0.3) is 0 Å². The number of hydrogen-bond donors (Lipinski definition) is 0. The highest BCUT2D eigenvalue weighted by atomic mass is 16.6. The zero-order valence-corrected chi connectivity index (χ0v) is 43.7. The first kappa shape index (κ1) is 63.1. The predicted molar refractivity (Wildman–Crippen MR) is 284 cm³/mol. The molecule has 0 spiro atoms. The first-order valence-corrected chi connectivity index (χ1v) is 28.3. The van der Waals surface area contributed by atoms with Crippen LogP contribution in [0.15, 0.2) is 60.8 Å². The van der Waals surface area contributed by atoms with Crippen molar-refractivity contribution in [3.63, 3.8) is 0 Å². The fourth-order valence-electron chi connectivity index (χ4n) is 8.08. The first-order valence-electron chi connectivity index (χ1n) is 28.3. The molecule has 6 heteroatoms. The lowest BCUT2D eigenvalue weighted by Gasteiger charge is -2.18. The average Bonchev–Trinajstić information content (AvgIpc) is 3.31. The van der Waals surface area contributed by atoms with E-state index in [-0.39, 0.29) is 31.1 Å². The number of rotatable bonds is 51. The van der Waals surface area contributed by atoms with Crippen LogP contribution in [0.5, 0.6) is 0 Å². The molecule has 0 bridgehead atoms. The minimum Gasteiger partial charge on any atom is -0.462 e. The highest BCUT2D eigenvalue weighted by Gasteiger charge is 2.19. The molecule has 6 nitrogen and oxygen atoms in total. The van der Waals surface area contributed by atoms with Gasteiger partial charge in [0.2, 0.25) is 0 Å². The van der Waals surface area contributed by atoms with E-state index < -0.39 is 6.10 Å². The molecule has 0 N–H and O–H groups in total. The van der Waals surface area contributed by atoms with Crippen molar-refractivity contribution < 1.29 is 28.6 Å². The summed E-state index contributed by atoms with van der Waals surface area (Å²) >= 11 is 0. The topological polar surface area (TPSA) is 78.9 Å². The molecule has 382 valence electrons. The summed E-state index contributed by atoms with van der Waals surface area (Å²) in [5.74, 6) is -0.890. The van der Waals surface area contributed by atoms with E-state index in [1.165, 1.54) is 135 Å². The molecule has 0 aromatic rings. The van der Waals surface area contributed by atoms with E-state index in [1.807, 2.05) is 0 Å². The SMILES string of the molecule is CC/C=C\C/C=C\C/C=C\CCCCCCCCC(=O)OC(COC(=O)CCCCCCCCC/C=C\C/C=C\CC)COC(=O)CCCCCCCCCCCCCCCCCCCC. The van der Waals surface area contributed by atoms with Crippen LogP contribution < -0.4 is 0 Å². The van der Waals surface area contributed by atoms with Crippen molar-refractivity contribution in [2.24, 2.45) is 0 Å². The Morgan fingerprint density at radius 1 is 0.318 bits per heavy atom. The van der Waals surface area contributed by atoms with Crippen molar-refractivity contribution in [1.82, 2.24) is 0 Å². The molecule has 1 atom stereocenters. The Labute approximate surface area is 409 Å². The fraction of sp³-hybridized carbons (Fsp3) is 0.783. The Bertz CT molecular complexity index is 1200. The summed E-state index contributed by atoms with van der Waals surface area (Å²) in [5.41, 5.74) is 0. The van der Waals surface area contributed by atoms with Gasteiger partial charge in [-0.1, -0.05) is 248 Å². The summed E-state index contributed by atoms with van der Waals surface area (Å²) in [6.07, 6.45) is 67.8. The van der Waals surface area contributed by atoms with E-state index in [2.05, 4.69) is 81.5 Å². The molecule has 0 aromatic carbocycles. The molecule has 0 fully saturated rings. The summed E-state index contributed by atoms with van der Waals surface area (Å²) in [6, 6.07) is 0. The van der Waals surface area contributed by atoms with Crippen molar-refractivity contribution in [3.05, 3.63) is 60.8 Å². The zero-order valence-electron chi connectivity index (χ0n) is 43.7. The highest BCUT2D eigenvalue weighted by molar-refractivity contribution is 5.71. The molecule has 0 aliphatic heterocycles. The normalized spacial score (nSPS) is 12.5. The second kappa shape index (κ2) is 54.7. The summed E-state index contributed by atoms with van der Waals surface area (Å²) in [5, 5.41) is 0. The molecule has 0 saturated carbocycles. The molecule has 0 amide bonds. The van der Waals surface area contributed by atoms with Gasteiger partial charge in [-0.25, -0.2) is 0 Å². The maximum absolute atomic E-state index is 12.8. The molecule has 0 rings (SSSR count). The van der Waals surface area contributed by atoms with Gasteiger partial charge < -0.3 is 14.2 Å². The molecule has 0 radical (unpaired) electrons. The van der Waals surface area contributed by atoms with Crippen molar-refractivity contribution in [1.29, 1.82) is 0 Å². The van der Waals surface area contributed by atoms with Gasteiger partial charge in [0.1, 0.15) is 13.2 Å². The first-order chi connectivity index (χ1) is 32.5. The predicted octanol–water partition coefficient (Wildman–Crippen LogP) is 18.8. The van der Waals surface area contributed by atoms with Gasteiger partial charge in [-0.2, -0.15) is 0 Å². The van der Waals surface area contributed by atoms with Crippen LogP contribution in [0.2, 0.25) is 0 Å². The number of ether oxygens (including phenoxy) is 3. The van der Waals surface area contributed by atoms with Gasteiger partial charge in [0.15, 0.2) is 6.10 Å². The van der Waals surface area contributed by atoms with Crippen molar-refractivity contribution in [3.8, 4) is 0 Å². The third-order valence-electron chi connectivity index (χ3n) is 12.3. The Morgan fingerprint density at radius 3 is 0.924 bits per heavy atom. The number of carbonyl (C=O) groups is 3. The molecular formula is C60H106O6. The van der Waals surface area contributed by atoms with E-state index in [1.54, 1.807) is 0 Å². The molecule has 0 aliphatic carbocycles. The van der Waals surface area contributed by atoms with Crippen LogP contribution >= 0.6 is 0 Å². The average molecular weight is 924 g/mol. The number of hydrogen-bond acceptors (Lipinski definition) is 6. The lowest BCUT2D eigenvalue weighted by Crippen LogP contribution is -2.30. The Balaban J connectivity index is 4.36. The van der Waals surface area contributed by atoms with E-state index >= 15 is 0 Å². The Morgan fingerprint density at radius 2 is 0.591 bits per heavy atom. The van der Waals surface area contributed by atoms with Gasteiger partial charge in [0, 0.05) is 19.3 Å². The van der Waals surface area contributed by atoms with Crippen molar-refractivity contribution >= 4 is 17.9 Å². The Kier molecular flexibility index (Phi) is 52.3. The number of allylic oxidation sites excluding steroid dienone is 10. The van der Waals surface area contributed by atoms with Crippen LogP contribution in [0.25, 0.3) is 0 Å². The monoisotopic (exact) mass is 923 g/mol. The number of unbranched alkanes of at least 4 members (excludes halogenated alkanes) is 30. The fourth-order valence-corrected chi connectivity index (χ4v) is 8.08. The van der Waals surface area contributed by atoms with Gasteiger partial charge in [-0.05, 0) is 77.0 Å². The third-order valence-corrected chi connectivity index (χ3v) is 12.3. The molecule has 1 unspecified atom stereocenters. The standard InChI is InChI=1S/C60H106O6/c1-4-7-10-13-16-19-22-25-28-30-31-33-35-38-41-44-47-50-53-59(62)65-56-57(55-64-58(61)52-49-46-43-40-37-34-27-24-21-18-15-12-9-6-3)66-60(63)54-51-48-45-42-39-36-32-29-26-23-20-17-14-11-8-5-2/h8-9,11-12,17-18,20-21,26,29,57H,4-7,10,13-16,19,22-25,27-28,30-56H2,1-3H3/b11-8-,12-9-,20-17-,21-18-,29-26-. The summed E-state index contributed by atoms with van der Waals surface area (Å²) in [7, 11) is 0. The summed E-state index contributed by atoms with van der Waals surface area (Å²) in [6.45, 7) is 6.44. The van der Waals surface area contributed by atoms with E-state index in [0.29, 0.717) is 19.3 Å². The second-order valence-corrected chi connectivity index (χ2v) is 18.8. The smallest absolute Gasteiger partial charge is 0.306 e. The number of esters is 3. The van der Waals surface area contributed by atoms with Crippen LogP contribution in [0.1, 0.15) is 284 Å². The van der Waals surface area contributed by atoms with Crippen LogP contribution in [0.4, 0.5) is 0 Å². The minimum absolute atomic E-state index is 0.0797. The van der Waals surface area contributed by atoms with Crippen molar-refractivity contribution in [2.75, 3.05) is 13.2 Å². The van der Waals surface area contributed by atoms with Gasteiger partial charge in [0.05, 0.1) is 0 Å². The third kappa shape index (κ3) is 52.1. The molecule has 66 heavy (non-hydrogen) atoms. The van der Waals surface area contributed by atoms with Crippen molar-refractivity contribution in [2.45, 2.75) is 290 Å². The maximum Gasteiger partial charge on any atom is 0.306 e. The zero-order chi connectivity index (χ0) is 47.9. The quantitative estimate of drug-likeness (QED) is 0.0262. The van der Waals surface area contributed by atoms with Crippen LogP contribution in [0, 0.1) is 0 Å². The molecule has 0 saturated heterocycles. The highest BCUT2D eigenvalue weighted by Crippen LogP contribution is 2.16. The molecule has 0 aromatic heterocycles. The molecule has 0 heterocycles. The van der Waals surface area contributed by atoms with Crippen LogP contribution in [0.3, 0.4) is 0 Å². The Hall–Kier alpha value is -2.89. The van der Waals surface area contributed by atoms with Gasteiger partial charge in [-0.15, -0.1) is 0 Å². The second-order valence-electron chi connectivity index (χ2n) is 18.8. The lowest BCUT2D eigenvalue weighted by atomic mass is 10.0. The maximum atomic E-state index is 12.8. The van der Waals surface area contributed by atoms with E-state index in [0.717, 1.165) is 109 Å². The summed E-state index contributed by atoms with van der Waals surface area (Å²) in [4.78, 5) is 38.1. The van der Waals surface area contributed by atoms with E-state index in [9.17, 15) is 14.4 Å².